The summed E-state index contributed by atoms with van der Waals surface area (Å²) in [5.41, 5.74) is 3.23. The molecule has 2 amide bonds. The first kappa shape index (κ1) is 15.4. The Kier molecular flexibility index (Phi) is 3.93. The molecule has 0 bridgehead atoms. The summed E-state index contributed by atoms with van der Waals surface area (Å²) in [5.74, 6) is 0.285. The minimum atomic E-state index is -0.305. The monoisotopic (exact) mass is 337 g/mol. The van der Waals surface area contributed by atoms with Gasteiger partial charge in [0.25, 0.3) is 0 Å². The summed E-state index contributed by atoms with van der Waals surface area (Å²) >= 11 is 0. The lowest BCUT2D eigenvalue weighted by Gasteiger charge is -2.26. The van der Waals surface area contributed by atoms with Gasteiger partial charge in [-0.3, -0.25) is 0 Å². The van der Waals surface area contributed by atoms with Crippen LogP contribution in [0.5, 0.6) is 0 Å². The molecule has 126 valence electrons. The van der Waals surface area contributed by atoms with E-state index in [0.717, 1.165) is 22.5 Å². The van der Waals surface area contributed by atoms with Crippen molar-refractivity contribution < 1.29 is 13.7 Å². The van der Waals surface area contributed by atoms with Gasteiger partial charge >= 0.3 is 6.03 Å². The molecule has 0 spiro atoms. The molecular formula is C19H16FN3O2. The maximum absolute atomic E-state index is 13.1. The summed E-state index contributed by atoms with van der Waals surface area (Å²) in [4.78, 5) is 14.2. The number of urea groups is 1. The molecule has 1 aliphatic heterocycles. The zero-order chi connectivity index (χ0) is 17.2. The van der Waals surface area contributed by atoms with Crippen LogP contribution >= 0.6 is 0 Å². The molecule has 2 aromatic carbocycles. The Labute approximate surface area is 144 Å². The smallest absolute Gasteiger partial charge is 0.322 e. The Morgan fingerprint density at radius 3 is 2.64 bits per heavy atom. The number of hydrogen-bond acceptors (Lipinski definition) is 3. The number of anilines is 1. The summed E-state index contributed by atoms with van der Waals surface area (Å²) in [6, 6.07) is 15.2. The number of hydrogen-bond donors (Lipinski definition) is 1. The van der Waals surface area contributed by atoms with E-state index in [2.05, 4.69) is 10.5 Å². The largest absolute Gasteiger partial charge is 0.356 e. The van der Waals surface area contributed by atoms with Crippen LogP contribution in [0.1, 0.15) is 11.3 Å². The van der Waals surface area contributed by atoms with E-state index in [0.29, 0.717) is 25.3 Å². The number of nitrogens with zero attached hydrogens (tertiary/aromatic N) is 2. The van der Waals surface area contributed by atoms with Crippen molar-refractivity contribution in [3.8, 4) is 11.3 Å². The number of carbonyl (C=O) groups excluding carboxylic acids is 1. The van der Waals surface area contributed by atoms with Crippen molar-refractivity contribution in [2.75, 3.05) is 11.9 Å². The maximum atomic E-state index is 13.1. The standard InChI is InChI=1S/C19H16FN3O2/c20-14-8-6-13(7-9-14)18-16-12-23(11-10-17(16)22-25-18)19(24)21-15-4-2-1-3-5-15/h1-9H,10-12H2,(H,21,24). The number of halogens is 1. The van der Waals surface area contributed by atoms with Crippen molar-refractivity contribution in [3.05, 3.63) is 71.7 Å². The van der Waals surface area contributed by atoms with Gasteiger partial charge in [0.1, 0.15) is 5.82 Å². The fraction of sp³-hybridized carbons (Fsp3) is 0.158. The van der Waals surface area contributed by atoms with Gasteiger partial charge in [0.05, 0.1) is 12.2 Å². The van der Waals surface area contributed by atoms with Gasteiger partial charge in [0, 0.05) is 29.8 Å². The first-order valence-electron chi connectivity index (χ1n) is 8.05. The van der Waals surface area contributed by atoms with Gasteiger partial charge in [-0.15, -0.1) is 0 Å². The van der Waals surface area contributed by atoms with E-state index in [1.807, 2.05) is 30.3 Å². The molecule has 0 atom stereocenters. The van der Waals surface area contributed by atoms with Crippen LogP contribution in [0.3, 0.4) is 0 Å². The minimum Gasteiger partial charge on any atom is -0.356 e. The molecule has 0 fully saturated rings. The lowest BCUT2D eigenvalue weighted by molar-refractivity contribution is 0.206. The molecule has 0 aliphatic carbocycles. The number of nitrogens with one attached hydrogen (secondary N) is 1. The highest BCUT2D eigenvalue weighted by Gasteiger charge is 2.27. The second-order valence-electron chi connectivity index (χ2n) is 5.91. The number of fused-ring (bicyclic) bond motifs is 1. The predicted octanol–water partition coefficient (Wildman–Crippen LogP) is 4.07. The van der Waals surface area contributed by atoms with Crippen molar-refractivity contribution in [3.63, 3.8) is 0 Å². The fourth-order valence-corrected chi connectivity index (χ4v) is 2.94. The molecule has 1 N–H and O–H groups in total. The number of benzene rings is 2. The van der Waals surface area contributed by atoms with Crippen LogP contribution < -0.4 is 5.32 Å². The number of para-hydroxylation sites is 1. The minimum absolute atomic E-state index is 0.164. The number of amides is 2. The molecule has 3 aromatic rings. The van der Waals surface area contributed by atoms with Crippen molar-refractivity contribution >= 4 is 11.7 Å². The highest BCUT2D eigenvalue weighted by atomic mass is 19.1. The molecule has 2 heterocycles. The van der Waals surface area contributed by atoms with E-state index in [1.165, 1.54) is 12.1 Å². The van der Waals surface area contributed by atoms with Crippen LogP contribution in [0.4, 0.5) is 14.9 Å². The Bertz CT molecular complexity index is 891. The van der Waals surface area contributed by atoms with Crippen LogP contribution in [0.2, 0.25) is 0 Å². The fourth-order valence-electron chi connectivity index (χ4n) is 2.94. The Hall–Kier alpha value is -3.15. The third-order valence-electron chi connectivity index (χ3n) is 4.26. The quantitative estimate of drug-likeness (QED) is 0.767. The van der Waals surface area contributed by atoms with Gasteiger partial charge in [-0.1, -0.05) is 23.4 Å². The van der Waals surface area contributed by atoms with E-state index in [-0.39, 0.29) is 11.8 Å². The average Bonchev–Trinajstić information content (AvgIpc) is 3.06. The summed E-state index contributed by atoms with van der Waals surface area (Å²) in [6.45, 7) is 0.977. The summed E-state index contributed by atoms with van der Waals surface area (Å²) < 4.78 is 18.6. The van der Waals surface area contributed by atoms with Gasteiger partial charge in [0.2, 0.25) is 0 Å². The molecule has 0 saturated heterocycles. The van der Waals surface area contributed by atoms with E-state index < -0.39 is 0 Å². The van der Waals surface area contributed by atoms with Crippen LogP contribution in [-0.2, 0) is 13.0 Å². The normalized spacial score (nSPS) is 13.4. The predicted molar refractivity (Wildman–Crippen MR) is 91.5 cm³/mol. The molecule has 1 aliphatic rings. The van der Waals surface area contributed by atoms with E-state index in [9.17, 15) is 9.18 Å². The Morgan fingerprint density at radius 1 is 1.12 bits per heavy atom. The molecule has 0 unspecified atom stereocenters. The molecule has 0 saturated carbocycles. The lowest BCUT2D eigenvalue weighted by Crippen LogP contribution is -2.38. The SMILES string of the molecule is O=C(Nc1ccccc1)N1CCc2noc(-c3ccc(F)cc3)c2C1. The second-order valence-corrected chi connectivity index (χ2v) is 5.91. The summed E-state index contributed by atoms with van der Waals surface area (Å²) in [7, 11) is 0. The highest BCUT2D eigenvalue weighted by molar-refractivity contribution is 5.89. The van der Waals surface area contributed by atoms with Crippen LogP contribution in [-0.4, -0.2) is 22.6 Å². The molecule has 6 heteroatoms. The average molecular weight is 337 g/mol. The van der Waals surface area contributed by atoms with Gasteiger partial charge in [-0.25, -0.2) is 9.18 Å². The number of carbonyl (C=O) groups is 1. The van der Waals surface area contributed by atoms with Gasteiger partial charge in [0.15, 0.2) is 5.76 Å². The third kappa shape index (κ3) is 3.10. The highest BCUT2D eigenvalue weighted by Crippen LogP contribution is 2.30. The molecule has 1 aromatic heterocycles. The van der Waals surface area contributed by atoms with Crippen molar-refractivity contribution in [2.45, 2.75) is 13.0 Å². The van der Waals surface area contributed by atoms with Gasteiger partial charge in [-0.05, 0) is 36.4 Å². The molecule has 0 radical (unpaired) electrons. The van der Waals surface area contributed by atoms with Crippen LogP contribution in [0, 0.1) is 5.82 Å². The van der Waals surface area contributed by atoms with E-state index in [1.54, 1.807) is 17.0 Å². The number of rotatable bonds is 2. The number of aromatic nitrogens is 1. The van der Waals surface area contributed by atoms with Crippen LogP contribution in [0.15, 0.2) is 59.1 Å². The molecule has 25 heavy (non-hydrogen) atoms. The van der Waals surface area contributed by atoms with Crippen molar-refractivity contribution in [1.82, 2.24) is 10.1 Å². The van der Waals surface area contributed by atoms with Crippen molar-refractivity contribution in [2.24, 2.45) is 0 Å². The van der Waals surface area contributed by atoms with E-state index >= 15 is 0 Å². The molecule has 5 nitrogen and oxygen atoms in total. The first-order chi connectivity index (χ1) is 12.2. The third-order valence-corrected chi connectivity index (χ3v) is 4.26. The first-order valence-corrected chi connectivity index (χ1v) is 8.05. The van der Waals surface area contributed by atoms with Gasteiger partial charge < -0.3 is 14.7 Å². The summed E-state index contributed by atoms with van der Waals surface area (Å²) in [5, 5.41) is 6.99. The topological polar surface area (TPSA) is 58.4 Å². The lowest BCUT2D eigenvalue weighted by atomic mass is 10.0. The second kappa shape index (κ2) is 6.39. The Morgan fingerprint density at radius 2 is 1.88 bits per heavy atom. The van der Waals surface area contributed by atoms with Crippen LogP contribution in [0.25, 0.3) is 11.3 Å². The molecular weight excluding hydrogens is 321 g/mol. The zero-order valence-corrected chi connectivity index (χ0v) is 13.4. The summed E-state index contributed by atoms with van der Waals surface area (Å²) in [6.07, 6.45) is 0.627. The Balaban J connectivity index is 1.55. The zero-order valence-electron chi connectivity index (χ0n) is 13.4. The maximum Gasteiger partial charge on any atom is 0.322 e. The van der Waals surface area contributed by atoms with Crippen molar-refractivity contribution in [1.29, 1.82) is 0 Å². The van der Waals surface area contributed by atoms with E-state index in [4.69, 9.17) is 4.52 Å². The van der Waals surface area contributed by atoms with Gasteiger partial charge in [-0.2, -0.15) is 0 Å². The molecule has 4 rings (SSSR count).